The van der Waals surface area contributed by atoms with E-state index in [1.807, 2.05) is 6.07 Å². The van der Waals surface area contributed by atoms with Gasteiger partial charge in [0.2, 0.25) is 0 Å². The molecule has 22 heavy (non-hydrogen) atoms. The van der Waals surface area contributed by atoms with Crippen molar-refractivity contribution < 1.29 is 9.52 Å². The second-order valence-electron chi connectivity index (χ2n) is 6.21. The van der Waals surface area contributed by atoms with Crippen LogP contribution in [0.15, 0.2) is 22.8 Å². The highest BCUT2D eigenvalue weighted by Crippen LogP contribution is 2.30. The number of hydrogen-bond acceptors (Lipinski definition) is 5. The van der Waals surface area contributed by atoms with Crippen LogP contribution in [0.5, 0.6) is 0 Å². The topological polar surface area (TPSA) is 58.3 Å². The molecule has 0 aliphatic carbocycles. The molecule has 0 bridgehead atoms. The number of aromatic nitrogens is 1. The standard InChI is InChI=1S/C17H26N2O2S/c1-10(2)17-19-13(5)16(22-17)12(4)18-11(3)9-14(20)15-7-6-8-21-15/h6-8,10-12,14,18,20H,9H2,1-5H3. The van der Waals surface area contributed by atoms with Crippen molar-refractivity contribution in [2.24, 2.45) is 0 Å². The Kier molecular flexibility index (Phi) is 5.78. The summed E-state index contributed by atoms with van der Waals surface area (Å²) in [6.45, 7) is 10.6. The lowest BCUT2D eigenvalue weighted by Crippen LogP contribution is -2.30. The molecule has 0 saturated carbocycles. The van der Waals surface area contributed by atoms with E-state index in [9.17, 15) is 5.11 Å². The summed E-state index contributed by atoms with van der Waals surface area (Å²) in [6, 6.07) is 4.01. The number of nitrogens with one attached hydrogen (secondary N) is 1. The fraction of sp³-hybridized carbons (Fsp3) is 0.588. The summed E-state index contributed by atoms with van der Waals surface area (Å²) in [5.74, 6) is 1.08. The first kappa shape index (κ1) is 17.2. The van der Waals surface area contributed by atoms with Crippen molar-refractivity contribution in [3.8, 4) is 0 Å². The summed E-state index contributed by atoms with van der Waals surface area (Å²) in [5.41, 5.74) is 1.10. The number of nitrogens with zero attached hydrogens (tertiary/aromatic N) is 1. The minimum Gasteiger partial charge on any atom is -0.467 e. The molecular formula is C17H26N2O2S. The lowest BCUT2D eigenvalue weighted by Gasteiger charge is -2.21. The number of aliphatic hydroxyl groups is 1. The van der Waals surface area contributed by atoms with E-state index < -0.39 is 6.10 Å². The first-order valence-corrected chi connectivity index (χ1v) is 8.64. The zero-order chi connectivity index (χ0) is 16.3. The van der Waals surface area contributed by atoms with Crippen LogP contribution in [-0.2, 0) is 0 Å². The van der Waals surface area contributed by atoms with Crippen molar-refractivity contribution in [3.05, 3.63) is 39.7 Å². The number of hydrogen-bond donors (Lipinski definition) is 2. The van der Waals surface area contributed by atoms with Gasteiger partial charge in [0.25, 0.3) is 0 Å². The smallest absolute Gasteiger partial charge is 0.132 e. The summed E-state index contributed by atoms with van der Waals surface area (Å²) < 4.78 is 5.25. The molecule has 0 amide bonds. The highest BCUT2D eigenvalue weighted by Gasteiger charge is 2.20. The van der Waals surface area contributed by atoms with E-state index in [4.69, 9.17) is 4.42 Å². The third kappa shape index (κ3) is 4.18. The minimum absolute atomic E-state index is 0.180. The van der Waals surface area contributed by atoms with Gasteiger partial charge in [-0.1, -0.05) is 13.8 Å². The van der Waals surface area contributed by atoms with Crippen LogP contribution in [0, 0.1) is 6.92 Å². The molecule has 0 spiro atoms. The van der Waals surface area contributed by atoms with Crippen molar-refractivity contribution in [2.45, 2.75) is 65.1 Å². The van der Waals surface area contributed by atoms with Crippen LogP contribution in [0.25, 0.3) is 0 Å². The van der Waals surface area contributed by atoms with E-state index in [2.05, 4.69) is 44.9 Å². The van der Waals surface area contributed by atoms with Gasteiger partial charge in [-0.05, 0) is 39.3 Å². The van der Waals surface area contributed by atoms with Gasteiger partial charge in [0.05, 0.1) is 17.0 Å². The van der Waals surface area contributed by atoms with E-state index in [0.29, 0.717) is 18.1 Å². The van der Waals surface area contributed by atoms with Crippen LogP contribution in [0.3, 0.4) is 0 Å². The van der Waals surface area contributed by atoms with Gasteiger partial charge in [-0.2, -0.15) is 0 Å². The van der Waals surface area contributed by atoms with Crippen LogP contribution in [0.1, 0.15) is 73.5 Å². The maximum atomic E-state index is 10.2. The van der Waals surface area contributed by atoms with Gasteiger partial charge in [-0.3, -0.25) is 0 Å². The molecule has 5 heteroatoms. The van der Waals surface area contributed by atoms with Crippen LogP contribution in [0.4, 0.5) is 0 Å². The van der Waals surface area contributed by atoms with Crippen molar-refractivity contribution in [1.29, 1.82) is 0 Å². The summed E-state index contributed by atoms with van der Waals surface area (Å²) in [7, 11) is 0. The molecule has 3 unspecified atom stereocenters. The fourth-order valence-corrected chi connectivity index (χ4v) is 3.66. The molecular weight excluding hydrogens is 296 g/mol. The molecule has 2 N–H and O–H groups in total. The first-order valence-electron chi connectivity index (χ1n) is 7.83. The Balaban J connectivity index is 1.95. The van der Waals surface area contributed by atoms with E-state index in [0.717, 1.165) is 5.69 Å². The first-order chi connectivity index (χ1) is 10.4. The molecule has 3 atom stereocenters. The molecule has 2 aromatic heterocycles. The minimum atomic E-state index is -0.571. The zero-order valence-electron chi connectivity index (χ0n) is 14.0. The Labute approximate surface area is 136 Å². The quantitative estimate of drug-likeness (QED) is 0.796. The SMILES string of the molecule is Cc1nc(C(C)C)sc1C(C)NC(C)CC(O)c1ccco1. The molecule has 0 fully saturated rings. The van der Waals surface area contributed by atoms with Crippen LogP contribution >= 0.6 is 11.3 Å². The molecule has 0 aliphatic rings. The molecule has 2 aromatic rings. The Morgan fingerprint density at radius 3 is 2.59 bits per heavy atom. The molecule has 4 nitrogen and oxygen atoms in total. The van der Waals surface area contributed by atoms with Crippen molar-refractivity contribution >= 4 is 11.3 Å². The number of aryl methyl sites for hydroxylation is 1. The Bertz CT molecular complexity index is 578. The van der Waals surface area contributed by atoms with Crippen LogP contribution < -0.4 is 5.32 Å². The van der Waals surface area contributed by atoms with Gasteiger partial charge in [0.15, 0.2) is 0 Å². The fourth-order valence-electron chi connectivity index (χ4n) is 2.58. The third-order valence-electron chi connectivity index (χ3n) is 3.72. The Morgan fingerprint density at radius 2 is 2.05 bits per heavy atom. The van der Waals surface area contributed by atoms with E-state index in [-0.39, 0.29) is 12.1 Å². The molecule has 0 aliphatic heterocycles. The van der Waals surface area contributed by atoms with E-state index in [1.54, 1.807) is 23.7 Å². The Hall–Kier alpha value is -1.17. The van der Waals surface area contributed by atoms with Crippen LogP contribution in [0.2, 0.25) is 0 Å². The number of thiazole rings is 1. The van der Waals surface area contributed by atoms with Gasteiger partial charge in [0, 0.05) is 22.9 Å². The van der Waals surface area contributed by atoms with E-state index in [1.165, 1.54) is 9.88 Å². The normalized spacial score (nSPS) is 16.0. The predicted molar refractivity (Wildman–Crippen MR) is 90.2 cm³/mol. The van der Waals surface area contributed by atoms with Crippen molar-refractivity contribution in [3.63, 3.8) is 0 Å². The average molecular weight is 322 g/mol. The molecule has 2 rings (SSSR count). The molecule has 0 radical (unpaired) electrons. The lowest BCUT2D eigenvalue weighted by atomic mass is 10.1. The maximum Gasteiger partial charge on any atom is 0.132 e. The second-order valence-corrected chi connectivity index (χ2v) is 7.28. The van der Waals surface area contributed by atoms with E-state index >= 15 is 0 Å². The van der Waals surface area contributed by atoms with Crippen molar-refractivity contribution in [1.82, 2.24) is 10.3 Å². The molecule has 2 heterocycles. The molecule has 122 valence electrons. The second kappa shape index (κ2) is 7.40. The monoisotopic (exact) mass is 322 g/mol. The predicted octanol–water partition coefficient (Wildman–Crippen LogP) is 4.33. The summed E-state index contributed by atoms with van der Waals surface area (Å²) in [6.07, 6.45) is 1.64. The number of aliphatic hydroxyl groups excluding tert-OH is 1. The number of rotatable bonds is 7. The van der Waals surface area contributed by atoms with Gasteiger partial charge in [0.1, 0.15) is 11.9 Å². The summed E-state index contributed by atoms with van der Waals surface area (Å²) in [4.78, 5) is 5.93. The van der Waals surface area contributed by atoms with Gasteiger partial charge in [-0.15, -0.1) is 11.3 Å². The molecule has 0 saturated heterocycles. The maximum absolute atomic E-state index is 10.2. The summed E-state index contributed by atoms with van der Waals surface area (Å²) >= 11 is 1.78. The summed E-state index contributed by atoms with van der Waals surface area (Å²) in [5, 5.41) is 14.9. The zero-order valence-corrected chi connectivity index (χ0v) is 14.8. The average Bonchev–Trinajstić information content (AvgIpc) is 3.07. The van der Waals surface area contributed by atoms with Gasteiger partial charge in [-0.25, -0.2) is 4.98 Å². The highest BCUT2D eigenvalue weighted by molar-refractivity contribution is 7.11. The van der Waals surface area contributed by atoms with Gasteiger partial charge < -0.3 is 14.8 Å². The Morgan fingerprint density at radius 1 is 1.32 bits per heavy atom. The molecule has 0 aromatic carbocycles. The lowest BCUT2D eigenvalue weighted by molar-refractivity contribution is 0.127. The largest absolute Gasteiger partial charge is 0.467 e. The van der Waals surface area contributed by atoms with Gasteiger partial charge >= 0.3 is 0 Å². The highest BCUT2D eigenvalue weighted by atomic mass is 32.1. The number of furan rings is 1. The van der Waals surface area contributed by atoms with Crippen molar-refractivity contribution in [2.75, 3.05) is 0 Å². The third-order valence-corrected chi connectivity index (χ3v) is 5.36. The van der Waals surface area contributed by atoms with Crippen LogP contribution in [-0.4, -0.2) is 16.1 Å².